The molecule has 0 aliphatic rings. The van der Waals surface area contributed by atoms with Gasteiger partial charge in [-0.15, -0.1) is 0 Å². The van der Waals surface area contributed by atoms with E-state index in [2.05, 4.69) is 21.2 Å². The van der Waals surface area contributed by atoms with Crippen LogP contribution in [0.2, 0.25) is 0 Å². The van der Waals surface area contributed by atoms with Gasteiger partial charge in [0, 0.05) is 16.6 Å². The Bertz CT molecular complexity index is 557. The van der Waals surface area contributed by atoms with E-state index in [4.69, 9.17) is 0 Å². The fourth-order valence-corrected chi connectivity index (χ4v) is 3.48. The van der Waals surface area contributed by atoms with E-state index in [1.54, 1.807) is 6.92 Å². The minimum absolute atomic E-state index is 0.137. The highest BCUT2D eigenvalue weighted by Crippen LogP contribution is 2.22. The molecular weight excluding hydrogens is 330 g/mol. The fraction of sp³-hybridized carbons (Fsp3) is 0.462. The molecule has 1 aromatic rings. The van der Waals surface area contributed by atoms with Crippen molar-refractivity contribution in [3.63, 3.8) is 0 Å². The van der Waals surface area contributed by atoms with Crippen molar-refractivity contribution in [2.24, 2.45) is 5.92 Å². The minimum Gasteiger partial charge on any atom is -0.349 e. The van der Waals surface area contributed by atoms with Gasteiger partial charge in [0.2, 0.25) is 5.91 Å². The maximum atomic E-state index is 11.9. The summed E-state index contributed by atoms with van der Waals surface area (Å²) in [6.45, 7) is 3.48. The zero-order valence-corrected chi connectivity index (χ0v) is 13.6. The molecule has 1 rings (SSSR count). The van der Waals surface area contributed by atoms with Gasteiger partial charge in [-0.05, 0) is 18.6 Å². The summed E-state index contributed by atoms with van der Waals surface area (Å²) in [6.07, 6.45) is 1.13. The van der Waals surface area contributed by atoms with Gasteiger partial charge in [0.05, 0.1) is 11.8 Å². The summed E-state index contributed by atoms with van der Waals surface area (Å²) in [5.41, 5.74) is 0.961. The average Bonchev–Trinajstić information content (AvgIpc) is 2.27. The predicted molar refractivity (Wildman–Crippen MR) is 79.6 cm³/mol. The van der Waals surface area contributed by atoms with Crippen LogP contribution in [0.15, 0.2) is 28.7 Å². The van der Waals surface area contributed by atoms with Crippen molar-refractivity contribution in [1.29, 1.82) is 0 Å². The Hall–Kier alpha value is -0.880. The summed E-state index contributed by atoms with van der Waals surface area (Å²) in [5, 5.41) is 2.83. The maximum Gasteiger partial charge on any atom is 0.224 e. The van der Waals surface area contributed by atoms with Crippen LogP contribution < -0.4 is 5.32 Å². The summed E-state index contributed by atoms with van der Waals surface area (Å²) < 4.78 is 23.3. The standard InChI is InChI=1S/C13H18BrNO3S/c1-9(8-19(3,17)18)13(16)15-10(2)11-6-4-5-7-12(11)14/h4-7,9-10H,8H2,1-3H3,(H,15,16)/t9-,10+/m1/s1. The molecule has 0 saturated heterocycles. The second kappa shape index (κ2) is 6.52. The number of benzene rings is 1. The molecule has 4 nitrogen and oxygen atoms in total. The molecule has 6 heteroatoms. The van der Waals surface area contributed by atoms with E-state index >= 15 is 0 Å². The molecule has 0 saturated carbocycles. The SMILES string of the molecule is C[C@H](CS(C)(=O)=O)C(=O)N[C@@H](C)c1ccccc1Br. The molecule has 0 bridgehead atoms. The Morgan fingerprint density at radius 1 is 1.32 bits per heavy atom. The van der Waals surface area contributed by atoms with Crippen LogP contribution in [-0.2, 0) is 14.6 Å². The maximum absolute atomic E-state index is 11.9. The minimum atomic E-state index is -3.15. The Morgan fingerprint density at radius 3 is 2.42 bits per heavy atom. The highest BCUT2D eigenvalue weighted by molar-refractivity contribution is 9.10. The first-order valence-electron chi connectivity index (χ1n) is 5.93. The second-order valence-corrected chi connectivity index (χ2v) is 7.78. The lowest BCUT2D eigenvalue weighted by Crippen LogP contribution is -2.34. The van der Waals surface area contributed by atoms with E-state index in [9.17, 15) is 13.2 Å². The average molecular weight is 348 g/mol. The second-order valence-electron chi connectivity index (χ2n) is 4.75. The summed E-state index contributed by atoms with van der Waals surface area (Å²) in [4.78, 5) is 11.9. The number of rotatable bonds is 5. The highest BCUT2D eigenvalue weighted by atomic mass is 79.9. The molecule has 0 aromatic heterocycles. The van der Waals surface area contributed by atoms with Crippen molar-refractivity contribution in [2.45, 2.75) is 19.9 Å². The molecule has 106 valence electrons. The lowest BCUT2D eigenvalue weighted by Gasteiger charge is -2.18. The van der Waals surface area contributed by atoms with Crippen LogP contribution >= 0.6 is 15.9 Å². The van der Waals surface area contributed by atoms with E-state index < -0.39 is 15.8 Å². The first-order valence-corrected chi connectivity index (χ1v) is 8.78. The third kappa shape index (κ3) is 5.32. The van der Waals surface area contributed by atoms with Crippen molar-refractivity contribution >= 4 is 31.7 Å². The normalized spacial score (nSPS) is 14.7. The van der Waals surface area contributed by atoms with Gasteiger partial charge in [0.15, 0.2) is 0 Å². The molecule has 19 heavy (non-hydrogen) atoms. The number of nitrogens with one attached hydrogen (secondary N) is 1. The Balaban J connectivity index is 2.70. The zero-order chi connectivity index (χ0) is 14.6. The van der Waals surface area contributed by atoms with E-state index in [0.29, 0.717) is 0 Å². The van der Waals surface area contributed by atoms with E-state index in [1.807, 2.05) is 31.2 Å². The third-order valence-electron chi connectivity index (χ3n) is 2.73. The molecule has 1 amide bonds. The number of carbonyl (C=O) groups excluding carboxylic acids is 1. The molecule has 0 fully saturated rings. The molecule has 2 atom stereocenters. The van der Waals surface area contributed by atoms with Gasteiger partial charge in [-0.3, -0.25) is 4.79 Å². The molecular formula is C13H18BrNO3S. The summed E-state index contributed by atoms with van der Waals surface area (Å²) >= 11 is 3.43. The molecule has 0 radical (unpaired) electrons. The number of sulfone groups is 1. The third-order valence-corrected chi connectivity index (χ3v) is 4.56. The van der Waals surface area contributed by atoms with Gasteiger partial charge in [-0.1, -0.05) is 41.1 Å². The van der Waals surface area contributed by atoms with Crippen LogP contribution in [-0.4, -0.2) is 26.3 Å². The monoisotopic (exact) mass is 347 g/mol. The Kier molecular flexibility index (Phi) is 5.55. The van der Waals surface area contributed by atoms with Crippen LogP contribution in [0.25, 0.3) is 0 Å². The van der Waals surface area contributed by atoms with Gasteiger partial charge in [-0.2, -0.15) is 0 Å². The number of hydrogen-bond donors (Lipinski definition) is 1. The highest BCUT2D eigenvalue weighted by Gasteiger charge is 2.20. The molecule has 1 N–H and O–H groups in total. The summed E-state index contributed by atoms with van der Waals surface area (Å²) in [6, 6.07) is 7.43. The van der Waals surface area contributed by atoms with E-state index in [1.165, 1.54) is 0 Å². The molecule has 0 unspecified atom stereocenters. The molecule has 0 spiro atoms. The summed E-state index contributed by atoms with van der Waals surface area (Å²) in [5.74, 6) is -0.949. The van der Waals surface area contributed by atoms with Crippen molar-refractivity contribution in [3.8, 4) is 0 Å². The molecule has 1 aromatic carbocycles. The van der Waals surface area contributed by atoms with E-state index in [0.717, 1.165) is 16.3 Å². The van der Waals surface area contributed by atoms with Crippen LogP contribution in [0.4, 0.5) is 0 Å². The smallest absolute Gasteiger partial charge is 0.224 e. The van der Waals surface area contributed by atoms with Gasteiger partial charge in [0.25, 0.3) is 0 Å². The van der Waals surface area contributed by atoms with Gasteiger partial charge >= 0.3 is 0 Å². The Labute approximate surface area is 122 Å². The van der Waals surface area contributed by atoms with Gasteiger partial charge < -0.3 is 5.32 Å². The Morgan fingerprint density at radius 2 is 1.89 bits per heavy atom. The molecule has 0 heterocycles. The number of hydrogen-bond acceptors (Lipinski definition) is 3. The first kappa shape index (κ1) is 16.2. The molecule has 0 aliphatic heterocycles. The number of carbonyl (C=O) groups is 1. The van der Waals surface area contributed by atoms with Crippen molar-refractivity contribution in [3.05, 3.63) is 34.3 Å². The zero-order valence-electron chi connectivity index (χ0n) is 11.2. The van der Waals surface area contributed by atoms with Crippen LogP contribution in [0.1, 0.15) is 25.5 Å². The van der Waals surface area contributed by atoms with Crippen LogP contribution in [0.3, 0.4) is 0 Å². The quantitative estimate of drug-likeness (QED) is 0.888. The number of amides is 1. The number of halogens is 1. The van der Waals surface area contributed by atoms with Crippen molar-refractivity contribution < 1.29 is 13.2 Å². The van der Waals surface area contributed by atoms with Crippen molar-refractivity contribution in [1.82, 2.24) is 5.32 Å². The van der Waals surface area contributed by atoms with Crippen molar-refractivity contribution in [2.75, 3.05) is 12.0 Å². The van der Waals surface area contributed by atoms with E-state index in [-0.39, 0.29) is 17.7 Å². The lowest BCUT2D eigenvalue weighted by molar-refractivity contribution is -0.124. The van der Waals surface area contributed by atoms with Crippen LogP contribution in [0.5, 0.6) is 0 Å². The largest absolute Gasteiger partial charge is 0.349 e. The lowest BCUT2D eigenvalue weighted by atomic mass is 10.1. The summed E-state index contributed by atoms with van der Waals surface area (Å²) in [7, 11) is -3.15. The molecule has 0 aliphatic carbocycles. The van der Waals surface area contributed by atoms with Crippen LogP contribution in [0, 0.1) is 5.92 Å². The topological polar surface area (TPSA) is 63.2 Å². The first-order chi connectivity index (χ1) is 8.70. The van der Waals surface area contributed by atoms with Gasteiger partial charge in [0.1, 0.15) is 9.84 Å². The van der Waals surface area contributed by atoms with Gasteiger partial charge in [-0.25, -0.2) is 8.42 Å². The predicted octanol–water partition coefficient (Wildman–Crippen LogP) is 2.31. The fourth-order valence-electron chi connectivity index (χ4n) is 1.79.